The van der Waals surface area contributed by atoms with Gasteiger partial charge >= 0.3 is 5.97 Å². The number of ether oxygens (including phenoxy) is 1. The molecule has 0 aliphatic carbocycles. The molecule has 3 nitrogen and oxygen atoms in total. The van der Waals surface area contributed by atoms with Gasteiger partial charge in [-0.25, -0.2) is 4.79 Å². The van der Waals surface area contributed by atoms with Crippen LogP contribution in [0.5, 0.6) is 0 Å². The van der Waals surface area contributed by atoms with Crippen molar-refractivity contribution in [2.45, 2.75) is 5.72 Å². The van der Waals surface area contributed by atoms with E-state index in [2.05, 4.69) is 21.2 Å². The van der Waals surface area contributed by atoms with Crippen molar-refractivity contribution in [2.75, 3.05) is 5.32 Å². The number of anilines is 1. The quantitative estimate of drug-likeness (QED) is 0.655. The molecule has 3 aromatic carbocycles. The molecule has 0 radical (unpaired) electrons. The Morgan fingerprint density at radius 2 is 1.62 bits per heavy atom. The van der Waals surface area contributed by atoms with Gasteiger partial charge in [-0.2, -0.15) is 0 Å². The van der Waals surface area contributed by atoms with Gasteiger partial charge in [-0.1, -0.05) is 70.5 Å². The number of benzene rings is 3. The highest BCUT2D eigenvalue weighted by atomic mass is 79.9. The fourth-order valence-electron chi connectivity index (χ4n) is 3.04. The number of halogens is 1. The van der Waals surface area contributed by atoms with Crippen LogP contribution in [0.2, 0.25) is 0 Å². The molecule has 0 saturated carbocycles. The molecule has 0 saturated heterocycles. The second kappa shape index (κ2) is 5.80. The molecular weight excluding hydrogens is 366 g/mol. The van der Waals surface area contributed by atoms with Crippen LogP contribution in [0.4, 0.5) is 5.69 Å². The molecule has 4 rings (SSSR count). The van der Waals surface area contributed by atoms with Crippen molar-refractivity contribution in [1.29, 1.82) is 0 Å². The zero-order chi connectivity index (χ0) is 16.6. The Labute approximate surface area is 148 Å². The number of hydrogen-bond donors (Lipinski definition) is 1. The van der Waals surface area contributed by atoms with Crippen molar-refractivity contribution in [1.82, 2.24) is 0 Å². The van der Waals surface area contributed by atoms with E-state index in [1.165, 1.54) is 0 Å². The maximum absolute atomic E-state index is 12.4. The highest BCUT2D eigenvalue weighted by Gasteiger charge is 2.47. The van der Waals surface area contributed by atoms with Gasteiger partial charge in [0, 0.05) is 21.3 Å². The highest BCUT2D eigenvalue weighted by molar-refractivity contribution is 9.10. The summed E-state index contributed by atoms with van der Waals surface area (Å²) in [5.41, 5.74) is 2.11. The standard InChI is InChI=1S/C20H14BrNO2/c21-15-9-6-10-16(13-15)22-20(14-7-2-1-3-8-14)18-12-5-4-11-17(18)19(23)24-20/h1-13,22H. The van der Waals surface area contributed by atoms with Gasteiger partial charge in [0.05, 0.1) is 5.56 Å². The second-order valence-electron chi connectivity index (χ2n) is 5.62. The first kappa shape index (κ1) is 15.0. The van der Waals surface area contributed by atoms with Crippen LogP contribution >= 0.6 is 15.9 Å². The van der Waals surface area contributed by atoms with E-state index in [-0.39, 0.29) is 5.97 Å². The molecule has 1 N–H and O–H groups in total. The summed E-state index contributed by atoms with van der Waals surface area (Å²) >= 11 is 3.48. The van der Waals surface area contributed by atoms with Crippen LogP contribution in [0.1, 0.15) is 21.5 Å². The smallest absolute Gasteiger partial charge is 0.341 e. The highest BCUT2D eigenvalue weighted by Crippen LogP contribution is 2.42. The van der Waals surface area contributed by atoms with Crippen LogP contribution < -0.4 is 5.32 Å². The van der Waals surface area contributed by atoms with Gasteiger partial charge < -0.3 is 10.1 Å². The maximum atomic E-state index is 12.4. The molecule has 1 aliphatic rings. The van der Waals surface area contributed by atoms with E-state index in [0.29, 0.717) is 5.56 Å². The Kier molecular flexibility index (Phi) is 3.62. The minimum Gasteiger partial charge on any atom is -0.427 e. The largest absolute Gasteiger partial charge is 0.427 e. The average Bonchev–Trinajstić information content (AvgIpc) is 2.89. The summed E-state index contributed by atoms with van der Waals surface area (Å²) < 4.78 is 6.84. The molecule has 1 heterocycles. The molecule has 118 valence electrons. The van der Waals surface area contributed by atoms with Gasteiger partial charge in [-0.15, -0.1) is 0 Å². The predicted molar refractivity (Wildman–Crippen MR) is 96.8 cm³/mol. The molecule has 0 bridgehead atoms. The van der Waals surface area contributed by atoms with Crippen molar-refractivity contribution in [2.24, 2.45) is 0 Å². The summed E-state index contributed by atoms with van der Waals surface area (Å²) in [7, 11) is 0. The first-order valence-corrected chi connectivity index (χ1v) is 8.40. The van der Waals surface area contributed by atoms with Crippen LogP contribution in [0.25, 0.3) is 0 Å². The zero-order valence-corrected chi connectivity index (χ0v) is 14.3. The lowest BCUT2D eigenvalue weighted by atomic mass is 9.92. The third kappa shape index (κ3) is 2.39. The molecule has 1 aliphatic heterocycles. The number of rotatable bonds is 3. The van der Waals surface area contributed by atoms with Crippen molar-refractivity contribution >= 4 is 27.6 Å². The fourth-order valence-corrected chi connectivity index (χ4v) is 3.44. The van der Waals surface area contributed by atoms with E-state index in [0.717, 1.165) is 21.3 Å². The van der Waals surface area contributed by atoms with Crippen molar-refractivity contribution in [3.05, 3.63) is 100 Å². The third-order valence-electron chi connectivity index (χ3n) is 4.10. The Morgan fingerprint density at radius 1 is 0.875 bits per heavy atom. The summed E-state index contributed by atoms with van der Waals surface area (Å²) in [6.45, 7) is 0. The summed E-state index contributed by atoms with van der Waals surface area (Å²) in [5, 5.41) is 3.43. The molecule has 4 heteroatoms. The Morgan fingerprint density at radius 3 is 2.42 bits per heavy atom. The normalized spacial score (nSPS) is 18.8. The molecule has 0 spiro atoms. The minimum atomic E-state index is -1.03. The van der Waals surface area contributed by atoms with E-state index < -0.39 is 5.72 Å². The number of esters is 1. The lowest BCUT2D eigenvalue weighted by Gasteiger charge is -2.31. The van der Waals surface area contributed by atoms with Crippen molar-refractivity contribution in [3.63, 3.8) is 0 Å². The van der Waals surface area contributed by atoms with E-state index in [1.54, 1.807) is 6.07 Å². The van der Waals surface area contributed by atoms with Gasteiger partial charge in [0.15, 0.2) is 0 Å². The number of fused-ring (bicyclic) bond motifs is 1. The molecule has 1 atom stereocenters. The Bertz CT molecular complexity index is 910. The van der Waals surface area contributed by atoms with Crippen LogP contribution in [0, 0.1) is 0 Å². The predicted octanol–water partition coefficient (Wildman–Crippen LogP) is 4.93. The van der Waals surface area contributed by atoms with Gasteiger partial charge in [0.1, 0.15) is 0 Å². The van der Waals surface area contributed by atoms with Crippen LogP contribution in [-0.4, -0.2) is 5.97 Å². The minimum absolute atomic E-state index is 0.322. The topological polar surface area (TPSA) is 38.3 Å². The zero-order valence-electron chi connectivity index (χ0n) is 12.7. The van der Waals surface area contributed by atoms with E-state index >= 15 is 0 Å². The number of nitrogens with one attached hydrogen (secondary N) is 1. The Balaban J connectivity index is 1.91. The monoisotopic (exact) mass is 379 g/mol. The number of carbonyl (C=O) groups is 1. The molecule has 0 aromatic heterocycles. The van der Waals surface area contributed by atoms with E-state index in [4.69, 9.17) is 4.74 Å². The number of hydrogen-bond acceptors (Lipinski definition) is 3. The molecule has 24 heavy (non-hydrogen) atoms. The maximum Gasteiger partial charge on any atom is 0.341 e. The lowest BCUT2D eigenvalue weighted by Crippen LogP contribution is -2.36. The van der Waals surface area contributed by atoms with E-state index in [9.17, 15) is 4.79 Å². The van der Waals surface area contributed by atoms with Crippen LogP contribution in [-0.2, 0) is 10.5 Å². The summed E-state index contributed by atoms with van der Waals surface area (Å²) in [6.07, 6.45) is 0. The summed E-state index contributed by atoms with van der Waals surface area (Å²) in [6, 6.07) is 25.0. The Hall–Kier alpha value is -2.59. The van der Waals surface area contributed by atoms with E-state index in [1.807, 2.05) is 72.8 Å². The summed E-state index contributed by atoms with van der Waals surface area (Å²) in [5.74, 6) is -0.322. The van der Waals surface area contributed by atoms with Crippen molar-refractivity contribution < 1.29 is 9.53 Å². The molecule has 0 amide bonds. The van der Waals surface area contributed by atoms with Crippen LogP contribution in [0.15, 0.2) is 83.3 Å². The third-order valence-corrected chi connectivity index (χ3v) is 4.59. The summed E-state index contributed by atoms with van der Waals surface area (Å²) in [4.78, 5) is 12.4. The molecular formula is C20H14BrNO2. The number of cyclic esters (lactones) is 1. The molecule has 1 unspecified atom stereocenters. The van der Waals surface area contributed by atoms with Gasteiger partial charge in [0.2, 0.25) is 5.72 Å². The first-order chi connectivity index (χ1) is 11.7. The SMILES string of the molecule is O=C1OC(Nc2cccc(Br)c2)(c2ccccc2)c2ccccc21. The van der Waals surface area contributed by atoms with Gasteiger partial charge in [0.25, 0.3) is 0 Å². The van der Waals surface area contributed by atoms with Crippen molar-refractivity contribution in [3.8, 4) is 0 Å². The van der Waals surface area contributed by atoms with Gasteiger partial charge in [-0.05, 0) is 24.3 Å². The molecule has 0 fully saturated rings. The average molecular weight is 380 g/mol. The van der Waals surface area contributed by atoms with Crippen LogP contribution in [0.3, 0.4) is 0 Å². The second-order valence-corrected chi connectivity index (χ2v) is 6.53. The number of carbonyl (C=O) groups excluding carboxylic acids is 1. The molecule has 3 aromatic rings. The first-order valence-electron chi connectivity index (χ1n) is 7.61. The fraction of sp³-hybridized carbons (Fsp3) is 0.0500. The lowest BCUT2D eigenvalue weighted by molar-refractivity contribution is 0.0212. The van der Waals surface area contributed by atoms with Gasteiger partial charge in [-0.3, -0.25) is 0 Å².